The first-order chi connectivity index (χ1) is 9.75. The molecular weight excluding hydrogens is 318 g/mol. The van der Waals surface area contributed by atoms with Crippen molar-refractivity contribution in [2.24, 2.45) is 0 Å². The molecule has 0 saturated carbocycles. The number of nitrogens with one attached hydrogen (secondary N) is 1. The van der Waals surface area contributed by atoms with Gasteiger partial charge >= 0.3 is 0 Å². The van der Waals surface area contributed by atoms with Crippen LogP contribution in [0.2, 0.25) is 0 Å². The lowest BCUT2D eigenvalue weighted by atomic mass is 10.3. The average molecular weight is 330 g/mol. The number of imide groups is 1. The van der Waals surface area contributed by atoms with Crippen LogP contribution in [0.1, 0.15) is 9.67 Å². The number of halogens is 1. The summed E-state index contributed by atoms with van der Waals surface area (Å²) in [6.45, 7) is 0. The largest absolute Gasteiger partial charge is 0.504 e. The standard InChI is InChI=1S/C12H12ClN3O4S/c1-15(2)12(20)9-8(17)5(4-21-9)14-7-6(13)10(18)16(3)11(7)19/h4,14,17H,1-3H3. The molecule has 1 aromatic heterocycles. The van der Waals surface area contributed by atoms with Gasteiger partial charge in [0.15, 0.2) is 5.75 Å². The first-order valence-corrected chi connectivity index (χ1v) is 7.02. The molecule has 1 aliphatic rings. The second kappa shape index (κ2) is 5.38. The molecular formula is C12H12ClN3O4S. The van der Waals surface area contributed by atoms with Crippen LogP contribution in [-0.4, -0.2) is 53.8 Å². The zero-order valence-electron chi connectivity index (χ0n) is 11.4. The topological polar surface area (TPSA) is 90.0 Å². The number of rotatable bonds is 3. The molecule has 112 valence electrons. The molecule has 2 rings (SSSR count). The van der Waals surface area contributed by atoms with Crippen LogP contribution >= 0.6 is 22.9 Å². The van der Waals surface area contributed by atoms with Gasteiger partial charge in [0.1, 0.15) is 15.6 Å². The summed E-state index contributed by atoms with van der Waals surface area (Å²) in [7, 11) is 4.42. The Bertz CT molecular complexity index is 680. The molecule has 0 saturated heterocycles. The first kappa shape index (κ1) is 15.3. The molecule has 9 heteroatoms. The van der Waals surface area contributed by atoms with E-state index < -0.39 is 11.8 Å². The Morgan fingerprint density at radius 3 is 2.48 bits per heavy atom. The van der Waals surface area contributed by atoms with Crippen molar-refractivity contribution in [3.63, 3.8) is 0 Å². The third kappa shape index (κ3) is 2.47. The zero-order chi connectivity index (χ0) is 15.9. The highest BCUT2D eigenvalue weighted by Gasteiger charge is 2.35. The lowest BCUT2D eigenvalue weighted by molar-refractivity contribution is -0.135. The van der Waals surface area contributed by atoms with Crippen LogP contribution in [0.4, 0.5) is 5.69 Å². The maximum absolute atomic E-state index is 11.8. The molecule has 1 aliphatic heterocycles. The maximum atomic E-state index is 11.8. The van der Waals surface area contributed by atoms with E-state index in [0.717, 1.165) is 16.2 Å². The summed E-state index contributed by atoms with van der Waals surface area (Å²) >= 11 is 6.81. The van der Waals surface area contributed by atoms with E-state index in [4.69, 9.17) is 11.6 Å². The number of anilines is 1. The molecule has 3 amide bonds. The number of aromatic hydroxyl groups is 1. The van der Waals surface area contributed by atoms with Crippen molar-refractivity contribution in [3.8, 4) is 5.75 Å². The van der Waals surface area contributed by atoms with E-state index in [-0.39, 0.29) is 33.0 Å². The molecule has 0 spiro atoms. The highest BCUT2D eigenvalue weighted by atomic mass is 35.5. The van der Waals surface area contributed by atoms with Gasteiger partial charge in [-0.15, -0.1) is 11.3 Å². The van der Waals surface area contributed by atoms with E-state index in [1.807, 2.05) is 0 Å². The van der Waals surface area contributed by atoms with Crippen LogP contribution in [0.25, 0.3) is 0 Å². The van der Waals surface area contributed by atoms with Gasteiger partial charge in [0.2, 0.25) is 0 Å². The number of nitrogens with zero attached hydrogens (tertiary/aromatic N) is 2. The summed E-state index contributed by atoms with van der Waals surface area (Å²) in [6.07, 6.45) is 0. The predicted octanol–water partition coefficient (Wildman–Crippen LogP) is 1.02. The Labute approximate surface area is 129 Å². The van der Waals surface area contributed by atoms with Crippen LogP contribution in [0.3, 0.4) is 0 Å². The maximum Gasteiger partial charge on any atom is 0.278 e. The lowest BCUT2D eigenvalue weighted by Gasteiger charge is -2.10. The van der Waals surface area contributed by atoms with Crippen molar-refractivity contribution in [1.29, 1.82) is 0 Å². The minimum atomic E-state index is -0.622. The molecule has 21 heavy (non-hydrogen) atoms. The van der Waals surface area contributed by atoms with Crippen LogP contribution in [0.5, 0.6) is 5.75 Å². The molecule has 7 nitrogen and oxygen atoms in total. The van der Waals surface area contributed by atoms with Crippen molar-refractivity contribution in [1.82, 2.24) is 9.80 Å². The van der Waals surface area contributed by atoms with Gasteiger partial charge in [0, 0.05) is 26.5 Å². The van der Waals surface area contributed by atoms with Gasteiger partial charge in [-0.25, -0.2) is 0 Å². The summed E-state index contributed by atoms with van der Waals surface area (Å²) in [5.74, 6) is -1.87. The first-order valence-electron chi connectivity index (χ1n) is 5.77. The number of carbonyl (C=O) groups excluding carboxylic acids is 3. The number of carbonyl (C=O) groups is 3. The van der Waals surface area contributed by atoms with Gasteiger partial charge in [-0.3, -0.25) is 19.3 Å². The molecule has 0 fully saturated rings. The van der Waals surface area contributed by atoms with E-state index in [1.165, 1.54) is 17.3 Å². The molecule has 2 N–H and O–H groups in total. The van der Waals surface area contributed by atoms with E-state index in [1.54, 1.807) is 14.1 Å². The Hall–Kier alpha value is -2.06. The highest BCUT2D eigenvalue weighted by Crippen LogP contribution is 2.37. The third-order valence-electron chi connectivity index (χ3n) is 2.86. The second-order valence-electron chi connectivity index (χ2n) is 4.51. The van der Waals surface area contributed by atoms with Gasteiger partial charge in [-0.05, 0) is 0 Å². The third-order valence-corrected chi connectivity index (χ3v) is 4.16. The van der Waals surface area contributed by atoms with Crippen LogP contribution in [0.15, 0.2) is 16.1 Å². The minimum absolute atomic E-state index is 0.124. The van der Waals surface area contributed by atoms with Crippen LogP contribution in [0, 0.1) is 0 Å². The normalized spacial score (nSPS) is 15.0. The predicted molar refractivity (Wildman–Crippen MR) is 78.3 cm³/mol. The fourth-order valence-corrected chi connectivity index (χ4v) is 2.81. The average Bonchev–Trinajstić information content (AvgIpc) is 2.88. The zero-order valence-corrected chi connectivity index (χ0v) is 13.0. The summed E-state index contributed by atoms with van der Waals surface area (Å²) in [5, 5.41) is 13.9. The summed E-state index contributed by atoms with van der Waals surface area (Å²) in [6, 6.07) is 0. The monoisotopic (exact) mass is 329 g/mol. The van der Waals surface area contributed by atoms with Crippen LogP contribution < -0.4 is 5.32 Å². The van der Waals surface area contributed by atoms with Gasteiger partial charge in [-0.1, -0.05) is 11.6 Å². The molecule has 0 unspecified atom stereocenters. The fraction of sp³-hybridized carbons (Fsp3) is 0.250. The molecule has 1 aromatic rings. The van der Waals surface area contributed by atoms with E-state index in [0.29, 0.717) is 0 Å². The van der Waals surface area contributed by atoms with Crippen molar-refractivity contribution < 1.29 is 19.5 Å². The Morgan fingerprint density at radius 2 is 2.00 bits per heavy atom. The summed E-state index contributed by atoms with van der Waals surface area (Å²) in [4.78, 5) is 37.5. The SMILES string of the molecule is CN(C)C(=O)c1scc(NC2=C(Cl)C(=O)N(C)C2=O)c1O. The second-order valence-corrected chi connectivity index (χ2v) is 5.77. The lowest BCUT2D eigenvalue weighted by Crippen LogP contribution is -2.27. The van der Waals surface area contributed by atoms with Crippen molar-refractivity contribution in [2.45, 2.75) is 0 Å². The minimum Gasteiger partial charge on any atom is -0.504 e. The van der Waals surface area contributed by atoms with E-state index in [9.17, 15) is 19.5 Å². The van der Waals surface area contributed by atoms with Gasteiger partial charge in [-0.2, -0.15) is 0 Å². The Balaban J connectivity index is 2.32. The number of hydrogen-bond acceptors (Lipinski definition) is 6. The van der Waals surface area contributed by atoms with Crippen molar-refractivity contribution in [3.05, 3.63) is 21.0 Å². The number of hydrogen-bond donors (Lipinski definition) is 2. The Kier molecular flexibility index (Phi) is 3.93. The van der Waals surface area contributed by atoms with Crippen molar-refractivity contribution in [2.75, 3.05) is 26.5 Å². The molecule has 0 atom stereocenters. The van der Waals surface area contributed by atoms with Crippen LogP contribution in [-0.2, 0) is 9.59 Å². The molecule has 0 bridgehead atoms. The number of likely N-dealkylation sites (N-methyl/N-ethyl adjacent to an activating group) is 1. The van der Waals surface area contributed by atoms with Gasteiger partial charge < -0.3 is 15.3 Å². The molecule has 2 heterocycles. The fourth-order valence-electron chi connectivity index (χ4n) is 1.65. The smallest absolute Gasteiger partial charge is 0.278 e. The van der Waals surface area contributed by atoms with Gasteiger partial charge in [0.05, 0.1) is 5.69 Å². The number of thiophene rings is 1. The quantitative estimate of drug-likeness (QED) is 0.808. The summed E-state index contributed by atoms with van der Waals surface area (Å²) in [5.41, 5.74) is 0.0240. The Morgan fingerprint density at radius 1 is 1.38 bits per heavy atom. The highest BCUT2D eigenvalue weighted by molar-refractivity contribution is 7.13. The summed E-state index contributed by atoms with van der Waals surface area (Å²) < 4.78 is 0. The van der Waals surface area contributed by atoms with E-state index >= 15 is 0 Å². The molecule has 0 radical (unpaired) electrons. The molecule has 0 aliphatic carbocycles. The number of amides is 3. The van der Waals surface area contributed by atoms with Crippen molar-refractivity contribution >= 4 is 46.3 Å². The van der Waals surface area contributed by atoms with E-state index in [2.05, 4.69) is 5.32 Å². The molecule has 0 aromatic carbocycles. The van der Waals surface area contributed by atoms with Gasteiger partial charge in [0.25, 0.3) is 17.7 Å².